The molecular formula is C11H12N4O. The maximum atomic E-state index is 8.60. The molecule has 0 aliphatic heterocycles. The molecule has 0 bridgehead atoms. The highest BCUT2D eigenvalue weighted by atomic mass is 16.5. The summed E-state index contributed by atoms with van der Waals surface area (Å²) < 4.78 is 0. The fourth-order valence-corrected chi connectivity index (χ4v) is 1.47. The number of nitrogens with one attached hydrogen (secondary N) is 1. The van der Waals surface area contributed by atoms with Crippen LogP contribution in [-0.2, 0) is 0 Å². The zero-order valence-corrected chi connectivity index (χ0v) is 8.81. The molecule has 1 heterocycles. The van der Waals surface area contributed by atoms with Crippen LogP contribution in [0.4, 0.5) is 5.69 Å². The number of para-hydroxylation sites is 1. The second-order valence-electron chi connectivity index (χ2n) is 3.41. The minimum Gasteiger partial charge on any atom is -0.368 e. The second kappa shape index (κ2) is 4.16. The Morgan fingerprint density at radius 2 is 2.19 bits per heavy atom. The lowest BCUT2D eigenvalue weighted by Crippen LogP contribution is -2.27. The molecule has 1 aromatic carbocycles. The summed E-state index contributed by atoms with van der Waals surface area (Å²) in [6.07, 6.45) is 0. The predicted octanol–water partition coefficient (Wildman–Crippen LogP) is 1.47. The molecule has 0 aliphatic carbocycles. The first-order valence-electron chi connectivity index (χ1n) is 4.81. The summed E-state index contributed by atoms with van der Waals surface area (Å²) in [5.74, 6) is -0.0594. The van der Waals surface area contributed by atoms with Gasteiger partial charge in [0.1, 0.15) is 0 Å². The molecule has 0 atom stereocenters. The Labute approximate surface area is 92.6 Å². The van der Waals surface area contributed by atoms with Crippen molar-refractivity contribution in [3.8, 4) is 0 Å². The van der Waals surface area contributed by atoms with Crippen molar-refractivity contribution in [3.63, 3.8) is 0 Å². The number of fused-ring (bicyclic) bond motifs is 1. The van der Waals surface area contributed by atoms with Crippen LogP contribution in [0, 0.1) is 6.92 Å². The number of hydrogen-bond donors (Lipinski definition) is 3. The molecule has 0 fully saturated rings. The summed E-state index contributed by atoms with van der Waals surface area (Å²) in [6.45, 7) is 1.91. The van der Waals surface area contributed by atoms with E-state index >= 15 is 0 Å². The summed E-state index contributed by atoms with van der Waals surface area (Å²) in [5, 5.41) is 9.58. The van der Waals surface area contributed by atoms with E-state index in [1.54, 1.807) is 11.5 Å². The van der Waals surface area contributed by atoms with Crippen LogP contribution in [0.5, 0.6) is 0 Å². The topological polar surface area (TPSA) is 83.5 Å². The lowest BCUT2D eigenvalue weighted by molar-refractivity contribution is 0.233. The highest BCUT2D eigenvalue weighted by Gasteiger charge is 2.02. The molecule has 16 heavy (non-hydrogen) atoms. The summed E-state index contributed by atoms with van der Waals surface area (Å²) in [6, 6.07) is 9.51. The number of rotatable bonds is 1. The van der Waals surface area contributed by atoms with Gasteiger partial charge in [0.2, 0.25) is 5.96 Å². The fourth-order valence-electron chi connectivity index (χ4n) is 1.47. The Balaban J connectivity index is 2.65. The number of pyridine rings is 1. The van der Waals surface area contributed by atoms with Gasteiger partial charge in [-0.05, 0) is 19.1 Å². The monoisotopic (exact) mass is 216 g/mol. The smallest absolute Gasteiger partial charge is 0.218 e. The Hall–Kier alpha value is -2.14. The lowest BCUT2D eigenvalue weighted by atomic mass is 10.2. The SMILES string of the molecule is Cc1ccc2cccc(N=C(N)NO)c2n1. The third kappa shape index (κ3) is 1.94. The van der Waals surface area contributed by atoms with Crippen LogP contribution in [0.1, 0.15) is 5.69 Å². The van der Waals surface area contributed by atoms with E-state index in [4.69, 9.17) is 10.9 Å². The molecule has 4 N–H and O–H groups in total. The molecule has 82 valence electrons. The summed E-state index contributed by atoms with van der Waals surface area (Å²) in [4.78, 5) is 8.41. The summed E-state index contributed by atoms with van der Waals surface area (Å²) in [5.41, 5.74) is 9.49. The van der Waals surface area contributed by atoms with Crippen molar-refractivity contribution < 1.29 is 5.21 Å². The van der Waals surface area contributed by atoms with Gasteiger partial charge in [0.05, 0.1) is 11.2 Å². The second-order valence-corrected chi connectivity index (χ2v) is 3.41. The van der Waals surface area contributed by atoms with Gasteiger partial charge in [-0.2, -0.15) is 0 Å². The van der Waals surface area contributed by atoms with Gasteiger partial charge in [0.15, 0.2) is 0 Å². The average Bonchev–Trinajstić information content (AvgIpc) is 2.29. The molecule has 2 rings (SSSR count). The molecule has 0 radical (unpaired) electrons. The van der Waals surface area contributed by atoms with Gasteiger partial charge in [-0.3, -0.25) is 10.2 Å². The molecule has 0 spiro atoms. The van der Waals surface area contributed by atoms with Gasteiger partial charge in [0.25, 0.3) is 0 Å². The number of hydroxylamine groups is 1. The third-order valence-electron chi connectivity index (χ3n) is 2.19. The molecule has 5 nitrogen and oxygen atoms in total. The van der Waals surface area contributed by atoms with Crippen LogP contribution < -0.4 is 11.2 Å². The van der Waals surface area contributed by atoms with E-state index in [0.717, 1.165) is 16.6 Å². The quantitative estimate of drug-likeness (QED) is 0.383. The number of aliphatic imine (C=N–C) groups is 1. The van der Waals surface area contributed by atoms with Crippen molar-refractivity contribution in [2.24, 2.45) is 10.7 Å². The minimum atomic E-state index is -0.0594. The van der Waals surface area contributed by atoms with Crippen molar-refractivity contribution in [3.05, 3.63) is 36.0 Å². The number of aryl methyl sites for hydroxylation is 1. The van der Waals surface area contributed by atoms with Crippen LogP contribution in [0.3, 0.4) is 0 Å². The Bertz CT molecular complexity index is 551. The first-order valence-corrected chi connectivity index (χ1v) is 4.81. The Morgan fingerprint density at radius 1 is 1.38 bits per heavy atom. The Morgan fingerprint density at radius 3 is 2.94 bits per heavy atom. The van der Waals surface area contributed by atoms with Crippen LogP contribution in [0.15, 0.2) is 35.3 Å². The molecule has 0 saturated carbocycles. The first-order chi connectivity index (χ1) is 7.70. The van der Waals surface area contributed by atoms with E-state index in [-0.39, 0.29) is 5.96 Å². The average molecular weight is 216 g/mol. The predicted molar refractivity (Wildman–Crippen MR) is 62.7 cm³/mol. The number of benzene rings is 1. The van der Waals surface area contributed by atoms with E-state index in [0.29, 0.717) is 5.69 Å². The van der Waals surface area contributed by atoms with Gasteiger partial charge >= 0.3 is 0 Å². The zero-order valence-electron chi connectivity index (χ0n) is 8.81. The maximum Gasteiger partial charge on any atom is 0.218 e. The molecule has 0 saturated heterocycles. The van der Waals surface area contributed by atoms with Crippen LogP contribution >= 0.6 is 0 Å². The lowest BCUT2D eigenvalue weighted by Gasteiger charge is -2.03. The molecule has 5 heteroatoms. The standard InChI is InChI=1S/C11H12N4O/c1-7-5-6-8-3-2-4-9(10(8)13-7)14-11(12)15-16/h2-6,16H,1H3,(H3,12,14,15). The van der Waals surface area contributed by atoms with E-state index in [2.05, 4.69) is 9.98 Å². The van der Waals surface area contributed by atoms with E-state index in [9.17, 15) is 0 Å². The highest BCUT2D eigenvalue weighted by molar-refractivity contribution is 5.92. The normalized spacial score (nSPS) is 11.8. The van der Waals surface area contributed by atoms with E-state index in [1.807, 2.05) is 31.2 Å². The first kappa shape index (κ1) is 10.4. The largest absolute Gasteiger partial charge is 0.368 e. The number of hydrogen-bond acceptors (Lipinski definition) is 3. The van der Waals surface area contributed by atoms with E-state index in [1.165, 1.54) is 0 Å². The summed E-state index contributed by atoms with van der Waals surface area (Å²) in [7, 11) is 0. The number of nitrogens with two attached hydrogens (primary N) is 1. The van der Waals surface area contributed by atoms with Crippen molar-refractivity contribution >= 4 is 22.5 Å². The molecule has 0 unspecified atom stereocenters. The van der Waals surface area contributed by atoms with Crippen molar-refractivity contribution in [1.29, 1.82) is 0 Å². The number of guanidine groups is 1. The van der Waals surface area contributed by atoms with Crippen LogP contribution in [-0.4, -0.2) is 16.2 Å². The number of nitrogens with zero attached hydrogens (tertiary/aromatic N) is 2. The van der Waals surface area contributed by atoms with Gasteiger partial charge in [0, 0.05) is 11.1 Å². The zero-order chi connectivity index (χ0) is 11.5. The van der Waals surface area contributed by atoms with Gasteiger partial charge < -0.3 is 5.73 Å². The molecule has 0 aliphatic rings. The molecule has 0 amide bonds. The Kier molecular flexibility index (Phi) is 2.70. The van der Waals surface area contributed by atoms with Gasteiger partial charge in [-0.1, -0.05) is 18.2 Å². The van der Waals surface area contributed by atoms with Gasteiger partial charge in [-0.15, -0.1) is 0 Å². The summed E-state index contributed by atoms with van der Waals surface area (Å²) >= 11 is 0. The third-order valence-corrected chi connectivity index (χ3v) is 2.19. The molecular weight excluding hydrogens is 204 g/mol. The van der Waals surface area contributed by atoms with Crippen molar-refractivity contribution in [2.75, 3.05) is 0 Å². The highest BCUT2D eigenvalue weighted by Crippen LogP contribution is 2.23. The van der Waals surface area contributed by atoms with Crippen molar-refractivity contribution in [1.82, 2.24) is 10.5 Å². The van der Waals surface area contributed by atoms with Crippen LogP contribution in [0.25, 0.3) is 10.9 Å². The minimum absolute atomic E-state index is 0.0594. The van der Waals surface area contributed by atoms with Crippen LogP contribution in [0.2, 0.25) is 0 Å². The van der Waals surface area contributed by atoms with Gasteiger partial charge in [-0.25, -0.2) is 10.5 Å². The fraction of sp³-hybridized carbons (Fsp3) is 0.0909. The van der Waals surface area contributed by atoms with E-state index < -0.39 is 0 Å². The van der Waals surface area contributed by atoms with Crippen molar-refractivity contribution in [2.45, 2.75) is 6.92 Å². The number of aromatic nitrogens is 1. The molecule has 2 aromatic rings. The maximum absolute atomic E-state index is 8.60. The molecule has 1 aromatic heterocycles.